The van der Waals surface area contributed by atoms with E-state index >= 15 is 0 Å². The Hall–Kier alpha value is -1.18. The predicted molar refractivity (Wildman–Crippen MR) is 90.0 cm³/mol. The lowest BCUT2D eigenvalue weighted by molar-refractivity contribution is -0.116. The van der Waals surface area contributed by atoms with Gasteiger partial charge in [0.05, 0.1) is 12.1 Å². The average molecular weight is 347 g/mol. The molecule has 0 bridgehead atoms. The first-order valence-corrected chi connectivity index (χ1v) is 8.35. The van der Waals surface area contributed by atoms with Crippen LogP contribution in [0.5, 0.6) is 0 Å². The molecule has 0 radical (unpaired) electrons. The van der Waals surface area contributed by atoms with Gasteiger partial charge in [-0.05, 0) is 26.0 Å². The van der Waals surface area contributed by atoms with Crippen LogP contribution in [0.2, 0.25) is 0 Å². The molecule has 1 heterocycles. The van der Waals surface area contributed by atoms with E-state index in [-0.39, 0.29) is 24.4 Å². The molecule has 0 aromatic rings. The summed E-state index contributed by atoms with van der Waals surface area (Å²) in [6.07, 6.45) is -1.72. The number of likely N-dealkylation sites (N-methyl/N-ethyl adjacent to an activating group) is 1. The van der Waals surface area contributed by atoms with Crippen LogP contribution in [-0.2, 0) is 4.79 Å². The number of Topliss-reactive ketones (excluding diaryl/α,β-unsaturated/α-hetero) is 1. The fourth-order valence-corrected chi connectivity index (χ4v) is 2.69. The van der Waals surface area contributed by atoms with Gasteiger partial charge in [0.15, 0.2) is 0 Å². The summed E-state index contributed by atoms with van der Waals surface area (Å²) in [6.45, 7) is 9.82. The molecule has 1 rings (SSSR count). The van der Waals surface area contributed by atoms with Crippen LogP contribution < -0.4 is 5.32 Å². The fraction of sp³-hybridized carbons (Fsp3) is 0.706. The van der Waals surface area contributed by atoms with E-state index in [1.165, 1.54) is 13.0 Å². The molecule has 1 fully saturated rings. The molecule has 1 saturated heterocycles. The van der Waals surface area contributed by atoms with Crippen LogP contribution >= 0.6 is 0 Å². The largest absolute Gasteiger partial charge is 0.416 e. The number of carbonyl (C=O) groups excluding carboxylic acids is 1. The lowest BCUT2D eigenvalue weighted by atomic mass is 10.0. The second kappa shape index (κ2) is 9.96. The van der Waals surface area contributed by atoms with Crippen LogP contribution in [0.25, 0.3) is 0 Å². The number of nitrogens with zero attached hydrogens (tertiary/aromatic N) is 2. The molecule has 0 amide bonds. The zero-order valence-electron chi connectivity index (χ0n) is 14.7. The molecule has 0 unspecified atom stereocenters. The summed E-state index contributed by atoms with van der Waals surface area (Å²) < 4.78 is 40.1. The molecule has 24 heavy (non-hydrogen) atoms. The topological polar surface area (TPSA) is 35.6 Å². The molecule has 138 valence electrons. The Morgan fingerprint density at radius 2 is 1.75 bits per heavy atom. The molecule has 1 aliphatic heterocycles. The maximum absolute atomic E-state index is 13.4. The molecule has 0 atom stereocenters. The number of alkyl halides is 3. The van der Waals surface area contributed by atoms with Gasteiger partial charge in [-0.1, -0.05) is 19.1 Å². The van der Waals surface area contributed by atoms with Gasteiger partial charge >= 0.3 is 6.18 Å². The van der Waals surface area contributed by atoms with Crippen molar-refractivity contribution in [2.75, 3.05) is 52.4 Å². The fourth-order valence-electron chi connectivity index (χ4n) is 2.69. The molecule has 0 aromatic heterocycles. The summed E-state index contributed by atoms with van der Waals surface area (Å²) >= 11 is 0. The van der Waals surface area contributed by atoms with Gasteiger partial charge in [-0.25, -0.2) is 0 Å². The molecule has 0 aliphatic carbocycles. The average Bonchev–Trinajstić information content (AvgIpc) is 2.52. The van der Waals surface area contributed by atoms with E-state index in [0.717, 1.165) is 38.8 Å². The molecular weight excluding hydrogens is 319 g/mol. The predicted octanol–water partition coefficient (Wildman–Crippen LogP) is 2.24. The van der Waals surface area contributed by atoms with Gasteiger partial charge in [-0.2, -0.15) is 13.2 Å². The third-order valence-electron chi connectivity index (χ3n) is 4.13. The molecule has 7 heteroatoms. The number of nitrogens with one attached hydrogen (secondary N) is 1. The van der Waals surface area contributed by atoms with Crippen molar-refractivity contribution in [2.24, 2.45) is 0 Å². The van der Waals surface area contributed by atoms with E-state index in [4.69, 9.17) is 0 Å². The number of halogens is 3. The Morgan fingerprint density at radius 3 is 2.21 bits per heavy atom. The molecule has 1 N–H and O–H groups in total. The van der Waals surface area contributed by atoms with Crippen molar-refractivity contribution in [3.8, 4) is 0 Å². The molecular formula is C17H28F3N3O. The number of carbonyl (C=O) groups is 1. The molecule has 4 nitrogen and oxygen atoms in total. The van der Waals surface area contributed by atoms with Crippen LogP contribution in [0.4, 0.5) is 13.2 Å². The van der Waals surface area contributed by atoms with E-state index in [1.54, 1.807) is 6.92 Å². The molecule has 0 spiro atoms. The van der Waals surface area contributed by atoms with Crippen LogP contribution in [0.3, 0.4) is 0 Å². The summed E-state index contributed by atoms with van der Waals surface area (Å²) in [5.74, 6) is -0.1000. The van der Waals surface area contributed by atoms with Crippen molar-refractivity contribution < 1.29 is 18.0 Å². The molecule has 0 saturated carbocycles. The van der Waals surface area contributed by atoms with Crippen molar-refractivity contribution in [1.82, 2.24) is 15.1 Å². The quantitative estimate of drug-likeness (QED) is 0.540. The highest BCUT2D eigenvalue weighted by Gasteiger charge is 2.36. The molecule has 0 aromatic carbocycles. The number of allylic oxidation sites excluding steroid dienone is 1. The third-order valence-corrected chi connectivity index (χ3v) is 4.13. The minimum atomic E-state index is -4.40. The monoisotopic (exact) mass is 347 g/mol. The standard InChI is InChI=1S/C17H28F3N3O/c1-4-15(13-23-10-8-22(5-2)9-11-23)16(17(18,19)20)6-7-21-12-14(3)24/h4,6,21H,5,7-13H2,1-3H3/b15-4-,16-6+. The van der Waals surface area contributed by atoms with Crippen molar-refractivity contribution >= 4 is 5.78 Å². The Morgan fingerprint density at radius 1 is 1.17 bits per heavy atom. The first-order chi connectivity index (χ1) is 11.3. The van der Waals surface area contributed by atoms with Crippen LogP contribution in [0, 0.1) is 0 Å². The Bertz CT molecular complexity index is 464. The summed E-state index contributed by atoms with van der Waals surface area (Å²) in [6, 6.07) is 0. The number of rotatable bonds is 8. The van der Waals surface area contributed by atoms with Gasteiger partial charge in [-0.3, -0.25) is 9.69 Å². The summed E-state index contributed by atoms with van der Waals surface area (Å²) in [4.78, 5) is 15.2. The van der Waals surface area contributed by atoms with Crippen LogP contribution in [0.15, 0.2) is 23.3 Å². The lowest BCUT2D eigenvalue weighted by Crippen LogP contribution is -2.46. The van der Waals surface area contributed by atoms with Crippen LogP contribution in [-0.4, -0.2) is 74.1 Å². The Labute approximate surface area is 142 Å². The summed E-state index contributed by atoms with van der Waals surface area (Å²) in [5.41, 5.74) is -0.323. The smallest absolute Gasteiger partial charge is 0.306 e. The number of hydrogen-bond donors (Lipinski definition) is 1. The summed E-state index contributed by atoms with van der Waals surface area (Å²) in [5, 5.41) is 2.71. The minimum Gasteiger partial charge on any atom is -0.306 e. The zero-order chi connectivity index (χ0) is 18.2. The Balaban J connectivity index is 2.72. The van der Waals surface area contributed by atoms with E-state index in [2.05, 4.69) is 22.0 Å². The van der Waals surface area contributed by atoms with Crippen molar-refractivity contribution in [2.45, 2.75) is 26.9 Å². The van der Waals surface area contributed by atoms with Gasteiger partial charge in [0.2, 0.25) is 0 Å². The second-order valence-electron chi connectivity index (χ2n) is 5.97. The highest BCUT2D eigenvalue weighted by molar-refractivity contribution is 5.77. The lowest BCUT2D eigenvalue weighted by Gasteiger charge is -2.34. The number of ketones is 1. The first kappa shape index (κ1) is 20.9. The number of piperazine rings is 1. The zero-order valence-corrected chi connectivity index (χ0v) is 14.7. The third kappa shape index (κ3) is 7.15. The minimum absolute atomic E-state index is 0.0232. The SMILES string of the molecule is C/C=C(CN1CCN(CC)CC1)\C(=C/CNCC(C)=O)C(F)(F)F. The second-order valence-corrected chi connectivity index (χ2v) is 5.97. The van der Waals surface area contributed by atoms with Gasteiger partial charge in [0, 0.05) is 39.3 Å². The van der Waals surface area contributed by atoms with Gasteiger partial charge in [0.25, 0.3) is 0 Å². The van der Waals surface area contributed by atoms with E-state index in [1.807, 2.05) is 0 Å². The van der Waals surface area contributed by atoms with Crippen LogP contribution in [0.1, 0.15) is 20.8 Å². The highest BCUT2D eigenvalue weighted by Crippen LogP contribution is 2.31. The van der Waals surface area contributed by atoms with Crippen molar-refractivity contribution in [3.05, 3.63) is 23.3 Å². The maximum Gasteiger partial charge on any atom is 0.416 e. The van der Waals surface area contributed by atoms with E-state index in [0.29, 0.717) is 6.54 Å². The van der Waals surface area contributed by atoms with Gasteiger partial charge in [0.1, 0.15) is 5.78 Å². The maximum atomic E-state index is 13.4. The van der Waals surface area contributed by atoms with Gasteiger partial charge < -0.3 is 10.2 Å². The van der Waals surface area contributed by atoms with E-state index in [9.17, 15) is 18.0 Å². The Kier molecular flexibility index (Phi) is 8.66. The highest BCUT2D eigenvalue weighted by atomic mass is 19.4. The molecule has 1 aliphatic rings. The van der Waals surface area contributed by atoms with E-state index < -0.39 is 11.7 Å². The first-order valence-electron chi connectivity index (χ1n) is 8.35. The summed E-state index contributed by atoms with van der Waals surface area (Å²) in [7, 11) is 0. The normalized spacial score (nSPS) is 18.9. The van der Waals surface area contributed by atoms with Crippen molar-refractivity contribution in [1.29, 1.82) is 0 Å². The van der Waals surface area contributed by atoms with Crippen molar-refractivity contribution in [3.63, 3.8) is 0 Å². The van der Waals surface area contributed by atoms with Gasteiger partial charge in [-0.15, -0.1) is 0 Å². The number of hydrogen-bond acceptors (Lipinski definition) is 4.